The Morgan fingerprint density at radius 2 is 1.53 bits per heavy atom. The maximum atomic E-state index is 13.5. The highest BCUT2D eigenvalue weighted by molar-refractivity contribution is 6.23. The van der Waals surface area contributed by atoms with Gasteiger partial charge >= 0.3 is 0 Å². The van der Waals surface area contributed by atoms with Gasteiger partial charge in [0.25, 0.3) is 0 Å². The van der Waals surface area contributed by atoms with Gasteiger partial charge in [0, 0.05) is 5.56 Å². The number of nitrogens with zero attached hydrogens (tertiary/aromatic N) is 1. The second kappa shape index (κ2) is 6.89. The van der Waals surface area contributed by atoms with Crippen LogP contribution in [-0.4, -0.2) is 23.7 Å². The fourth-order valence-corrected chi connectivity index (χ4v) is 6.13. The molecule has 0 radical (unpaired) electrons. The summed E-state index contributed by atoms with van der Waals surface area (Å²) in [5.74, 6) is 0.917. The smallest absolute Gasteiger partial charge is 0.238 e. The van der Waals surface area contributed by atoms with E-state index < -0.39 is 6.10 Å². The molecular weight excluding hydrogens is 402 g/mol. The summed E-state index contributed by atoms with van der Waals surface area (Å²) in [5.41, 5.74) is 2.09. The second-order valence-corrected chi connectivity index (χ2v) is 9.62. The minimum Gasteiger partial charge on any atom is -0.480 e. The number of Topliss-reactive ketones (excluding diaryl/α,β-unsaturated/α-hetero) is 1. The molecule has 2 saturated carbocycles. The van der Waals surface area contributed by atoms with Crippen molar-refractivity contribution >= 4 is 23.3 Å². The first-order valence-electron chi connectivity index (χ1n) is 11.4. The van der Waals surface area contributed by atoms with Crippen molar-refractivity contribution in [3.63, 3.8) is 0 Å². The van der Waals surface area contributed by atoms with Crippen molar-refractivity contribution < 1.29 is 19.1 Å². The normalized spacial score (nSPS) is 32.5. The van der Waals surface area contributed by atoms with Crippen LogP contribution in [0.3, 0.4) is 0 Å². The molecule has 4 aliphatic carbocycles. The van der Waals surface area contributed by atoms with Gasteiger partial charge in [0.2, 0.25) is 17.6 Å². The van der Waals surface area contributed by atoms with Crippen molar-refractivity contribution in [2.45, 2.75) is 26.4 Å². The third kappa shape index (κ3) is 2.73. The summed E-state index contributed by atoms with van der Waals surface area (Å²) >= 11 is 0. The molecular formula is C27H25NO4. The van der Waals surface area contributed by atoms with E-state index in [1.165, 1.54) is 4.90 Å². The molecule has 1 aliphatic heterocycles. The van der Waals surface area contributed by atoms with E-state index in [1.54, 1.807) is 43.3 Å². The maximum absolute atomic E-state index is 13.5. The molecule has 0 aromatic heterocycles. The van der Waals surface area contributed by atoms with Gasteiger partial charge in [0.15, 0.2) is 6.10 Å². The largest absolute Gasteiger partial charge is 0.480 e. The van der Waals surface area contributed by atoms with Gasteiger partial charge in [-0.3, -0.25) is 14.4 Å². The average molecular weight is 428 g/mol. The fourth-order valence-electron chi connectivity index (χ4n) is 6.13. The third-order valence-electron chi connectivity index (χ3n) is 7.78. The molecule has 1 heterocycles. The first-order chi connectivity index (χ1) is 15.5. The molecule has 2 aromatic carbocycles. The van der Waals surface area contributed by atoms with Crippen molar-refractivity contribution in [1.82, 2.24) is 0 Å². The van der Waals surface area contributed by atoms with Gasteiger partial charge in [-0.2, -0.15) is 0 Å². The Labute approximate surface area is 187 Å². The summed E-state index contributed by atoms with van der Waals surface area (Å²) in [6.07, 6.45) is 4.71. The summed E-state index contributed by atoms with van der Waals surface area (Å²) in [7, 11) is 0. The molecule has 2 aromatic rings. The van der Waals surface area contributed by atoms with E-state index in [9.17, 15) is 14.4 Å². The van der Waals surface area contributed by atoms with E-state index >= 15 is 0 Å². The number of ether oxygens (including phenoxy) is 1. The third-order valence-corrected chi connectivity index (χ3v) is 7.78. The van der Waals surface area contributed by atoms with Gasteiger partial charge in [0.05, 0.1) is 17.5 Å². The first kappa shape index (κ1) is 19.5. The van der Waals surface area contributed by atoms with E-state index in [2.05, 4.69) is 12.2 Å². The number of carbonyl (C=O) groups is 3. The van der Waals surface area contributed by atoms with Crippen LogP contribution in [0.2, 0.25) is 0 Å². The van der Waals surface area contributed by atoms with Crippen LogP contribution in [0.4, 0.5) is 5.69 Å². The summed E-state index contributed by atoms with van der Waals surface area (Å²) in [6, 6.07) is 14.4. The minimum absolute atomic E-state index is 0.127. The summed E-state index contributed by atoms with van der Waals surface area (Å²) in [4.78, 5) is 41.2. The van der Waals surface area contributed by atoms with E-state index in [0.29, 0.717) is 28.8 Å². The lowest BCUT2D eigenvalue weighted by Crippen LogP contribution is -2.40. The van der Waals surface area contributed by atoms with Crippen LogP contribution in [0.25, 0.3) is 0 Å². The average Bonchev–Trinajstić information content (AvgIpc) is 3.58. The fraction of sp³-hybridized carbons (Fsp3) is 0.370. The van der Waals surface area contributed by atoms with Crippen molar-refractivity contribution in [3.8, 4) is 5.75 Å². The van der Waals surface area contributed by atoms with Crippen LogP contribution in [-0.2, 0) is 9.59 Å². The molecule has 7 rings (SSSR count). The number of hydrogen-bond donors (Lipinski definition) is 0. The zero-order chi connectivity index (χ0) is 22.1. The van der Waals surface area contributed by atoms with Crippen LogP contribution in [0, 0.1) is 42.4 Å². The van der Waals surface area contributed by atoms with Crippen molar-refractivity contribution in [2.24, 2.45) is 35.5 Å². The van der Waals surface area contributed by atoms with Crippen LogP contribution in [0.5, 0.6) is 5.75 Å². The van der Waals surface area contributed by atoms with Gasteiger partial charge in [-0.15, -0.1) is 0 Å². The van der Waals surface area contributed by atoms with E-state index in [0.717, 1.165) is 12.0 Å². The predicted molar refractivity (Wildman–Crippen MR) is 119 cm³/mol. The number of rotatable bonds is 5. The molecule has 5 aliphatic rings. The van der Waals surface area contributed by atoms with Crippen molar-refractivity contribution in [3.05, 3.63) is 71.8 Å². The van der Waals surface area contributed by atoms with Crippen LogP contribution in [0.15, 0.2) is 60.7 Å². The van der Waals surface area contributed by atoms with Gasteiger partial charge in [-0.25, -0.2) is 4.90 Å². The highest BCUT2D eigenvalue weighted by Crippen LogP contribution is 2.65. The van der Waals surface area contributed by atoms with E-state index in [4.69, 9.17) is 4.74 Å². The molecule has 5 nitrogen and oxygen atoms in total. The SMILES string of the molecule is Cc1ccc(C(=O)[C@H](C)Oc2ccccc2N2C(=O)[C@H]3[C@@H]4C=C[C@H]([C@@H]5C[C@H]45)[C@@H]3C2=O)cc1. The number of para-hydroxylation sites is 2. The summed E-state index contributed by atoms with van der Waals surface area (Å²) in [6.45, 7) is 3.67. The van der Waals surface area contributed by atoms with Gasteiger partial charge in [-0.05, 0) is 56.1 Å². The Morgan fingerprint density at radius 3 is 2.16 bits per heavy atom. The Morgan fingerprint density at radius 1 is 0.938 bits per heavy atom. The van der Waals surface area contributed by atoms with E-state index in [-0.39, 0.29) is 41.3 Å². The molecule has 3 fully saturated rings. The van der Waals surface area contributed by atoms with Crippen molar-refractivity contribution in [1.29, 1.82) is 0 Å². The van der Waals surface area contributed by atoms with Crippen molar-refractivity contribution in [2.75, 3.05) is 4.90 Å². The lowest BCUT2D eigenvalue weighted by molar-refractivity contribution is -0.124. The number of anilines is 1. The molecule has 0 unspecified atom stereocenters. The Hall–Kier alpha value is -3.21. The molecule has 7 atom stereocenters. The Bertz CT molecular complexity index is 1130. The zero-order valence-corrected chi connectivity index (χ0v) is 18.1. The predicted octanol–water partition coefficient (Wildman–Crippen LogP) is 4.20. The lowest BCUT2D eigenvalue weighted by Gasteiger charge is -2.37. The monoisotopic (exact) mass is 427 g/mol. The Balaban J connectivity index is 1.29. The number of carbonyl (C=O) groups excluding carboxylic acids is 3. The number of hydrogen-bond acceptors (Lipinski definition) is 4. The van der Waals surface area contributed by atoms with E-state index in [1.807, 2.05) is 19.1 Å². The topological polar surface area (TPSA) is 63.7 Å². The zero-order valence-electron chi connectivity index (χ0n) is 18.1. The van der Waals surface area contributed by atoms with Gasteiger partial charge in [0.1, 0.15) is 5.75 Å². The minimum atomic E-state index is -0.751. The lowest BCUT2D eigenvalue weighted by atomic mass is 9.63. The quantitative estimate of drug-likeness (QED) is 0.408. The molecule has 0 N–H and O–H groups in total. The van der Waals surface area contributed by atoms with Crippen LogP contribution < -0.4 is 9.64 Å². The number of aryl methyl sites for hydroxylation is 1. The molecule has 1 saturated heterocycles. The number of amides is 2. The molecule has 32 heavy (non-hydrogen) atoms. The first-order valence-corrected chi connectivity index (χ1v) is 11.4. The highest BCUT2D eigenvalue weighted by Gasteiger charge is 2.67. The number of imide groups is 1. The number of allylic oxidation sites excluding steroid dienone is 2. The Kier molecular flexibility index (Phi) is 4.19. The summed E-state index contributed by atoms with van der Waals surface area (Å²) < 4.78 is 6.04. The highest BCUT2D eigenvalue weighted by atomic mass is 16.5. The molecule has 162 valence electrons. The number of ketones is 1. The molecule has 2 amide bonds. The van der Waals surface area contributed by atoms with Crippen LogP contribution in [0.1, 0.15) is 29.3 Å². The number of benzene rings is 2. The molecule has 0 spiro atoms. The summed E-state index contributed by atoms with van der Waals surface area (Å²) in [5, 5.41) is 0. The molecule has 5 heteroatoms. The molecule has 2 bridgehead atoms. The van der Waals surface area contributed by atoms with Gasteiger partial charge in [-0.1, -0.05) is 54.1 Å². The van der Waals surface area contributed by atoms with Gasteiger partial charge < -0.3 is 4.74 Å². The van der Waals surface area contributed by atoms with Crippen LogP contribution >= 0.6 is 0 Å². The maximum Gasteiger partial charge on any atom is 0.238 e. The second-order valence-electron chi connectivity index (χ2n) is 9.62. The standard InChI is InChI=1S/C27H25NO4/c1-14-7-9-16(10-8-14)25(29)15(2)32-22-6-4-3-5-21(22)28-26(30)23-17-11-12-18(20-13-19(17)20)24(23)27(28)31/h3-12,15,17-20,23-24H,13H2,1-2H3/t15-,17+,18+,19-,20+,23-,24-/m0/s1.